The predicted molar refractivity (Wildman–Crippen MR) is 88.4 cm³/mol. The first-order valence-electron chi connectivity index (χ1n) is 6.93. The molecule has 1 aromatic carbocycles. The third kappa shape index (κ3) is 3.04. The van der Waals surface area contributed by atoms with Crippen LogP contribution in [0.3, 0.4) is 0 Å². The summed E-state index contributed by atoms with van der Waals surface area (Å²) in [6.07, 6.45) is 3.08. The first-order valence-corrected chi connectivity index (χ1v) is 7.75. The summed E-state index contributed by atoms with van der Waals surface area (Å²) in [6, 6.07) is 9.46. The van der Waals surface area contributed by atoms with Crippen molar-refractivity contribution in [1.29, 1.82) is 0 Å². The summed E-state index contributed by atoms with van der Waals surface area (Å²) in [7, 11) is 0. The quantitative estimate of drug-likeness (QED) is 0.747. The van der Waals surface area contributed by atoms with Gasteiger partial charge in [-0.05, 0) is 19.1 Å². The highest BCUT2D eigenvalue weighted by Crippen LogP contribution is 2.23. The van der Waals surface area contributed by atoms with Crippen molar-refractivity contribution in [3.05, 3.63) is 59.1 Å². The minimum atomic E-state index is -0.324. The van der Waals surface area contributed by atoms with E-state index >= 15 is 0 Å². The molecule has 0 aliphatic carbocycles. The molecule has 0 saturated heterocycles. The van der Waals surface area contributed by atoms with Gasteiger partial charge in [0.2, 0.25) is 0 Å². The molecule has 1 N–H and O–H groups in total. The highest BCUT2D eigenvalue weighted by atomic mass is 32.1. The Balaban J connectivity index is 1.87. The van der Waals surface area contributed by atoms with Crippen molar-refractivity contribution in [3.8, 4) is 5.69 Å². The standard InChI is InChI=1S/C16H14N4O2S/c1-10-14(11(2)21)23-16(18-10)19-15(22)13-8-17-9-20(13)12-6-4-3-5-7-12/h3-9H,1-2H3,(H,18,19,22). The summed E-state index contributed by atoms with van der Waals surface area (Å²) >= 11 is 1.17. The fourth-order valence-corrected chi connectivity index (χ4v) is 3.05. The van der Waals surface area contributed by atoms with Crippen molar-refractivity contribution < 1.29 is 9.59 Å². The van der Waals surface area contributed by atoms with Gasteiger partial charge < -0.3 is 0 Å². The molecule has 0 bridgehead atoms. The molecule has 2 heterocycles. The van der Waals surface area contributed by atoms with E-state index in [2.05, 4.69) is 15.3 Å². The molecule has 0 aliphatic heterocycles. The normalized spacial score (nSPS) is 10.5. The van der Waals surface area contributed by atoms with E-state index in [0.29, 0.717) is 21.4 Å². The summed E-state index contributed by atoms with van der Waals surface area (Å²) < 4.78 is 1.70. The molecule has 0 spiro atoms. The number of para-hydroxylation sites is 1. The molecule has 0 aliphatic rings. The zero-order chi connectivity index (χ0) is 16.4. The van der Waals surface area contributed by atoms with E-state index in [-0.39, 0.29) is 11.7 Å². The number of ketones is 1. The van der Waals surface area contributed by atoms with Crippen LogP contribution in [-0.4, -0.2) is 26.2 Å². The summed E-state index contributed by atoms with van der Waals surface area (Å²) in [4.78, 5) is 32.8. The maximum absolute atomic E-state index is 12.5. The molecule has 0 radical (unpaired) electrons. The zero-order valence-electron chi connectivity index (χ0n) is 12.6. The molecule has 7 heteroatoms. The van der Waals surface area contributed by atoms with Gasteiger partial charge in [0.05, 0.1) is 23.1 Å². The van der Waals surface area contributed by atoms with Crippen LogP contribution in [-0.2, 0) is 0 Å². The number of aromatic nitrogens is 3. The minimum Gasteiger partial charge on any atom is -0.296 e. The Kier molecular flexibility index (Phi) is 4.03. The van der Waals surface area contributed by atoms with E-state index in [1.165, 1.54) is 24.5 Å². The number of amides is 1. The van der Waals surface area contributed by atoms with E-state index < -0.39 is 0 Å². The van der Waals surface area contributed by atoms with Crippen molar-refractivity contribution in [3.63, 3.8) is 0 Å². The maximum atomic E-state index is 12.5. The number of thiazole rings is 1. The lowest BCUT2D eigenvalue weighted by atomic mass is 10.3. The van der Waals surface area contributed by atoms with Gasteiger partial charge in [0, 0.05) is 12.6 Å². The van der Waals surface area contributed by atoms with Gasteiger partial charge in [-0.25, -0.2) is 9.97 Å². The summed E-state index contributed by atoms with van der Waals surface area (Å²) in [5, 5.41) is 3.13. The van der Waals surface area contributed by atoms with Crippen molar-refractivity contribution >= 4 is 28.2 Å². The molecule has 6 nitrogen and oxygen atoms in total. The molecule has 0 unspecified atom stereocenters. The summed E-state index contributed by atoms with van der Waals surface area (Å²) in [5.41, 5.74) is 1.86. The predicted octanol–water partition coefficient (Wildman–Crippen LogP) is 3.09. The molecule has 3 rings (SSSR count). The van der Waals surface area contributed by atoms with Gasteiger partial charge in [0.1, 0.15) is 5.69 Å². The Morgan fingerprint density at radius 2 is 1.96 bits per heavy atom. The number of hydrogen-bond acceptors (Lipinski definition) is 5. The number of nitrogens with zero attached hydrogens (tertiary/aromatic N) is 3. The van der Waals surface area contributed by atoms with E-state index in [9.17, 15) is 9.59 Å². The van der Waals surface area contributed by atoms with E-state index in [0.717, 1.165) is 5.69 Å². The molecule has 116 valence electrons. The van der Waals surface area contributed by atoms with E-state index in [4.69, 9.17) is 0 Å². The van der Waals surface area contributed by atoms with E-state index in [1.807, 2.05) is 30.3 Å². The number of imidazole rings is 1. The second kappa shape index (κ2) is 6.13. The number of nitrogens with one attached hydrogen (secondary N) is 1. The van der Waals surface area contributed by atoms with Gasteiger partial charge in [-0.2, -0.15) is 0 Å². The third-order valence-electron chi connectivity index (χ3n) is 3.24. The van der Waals surface area contributed by atoms with Crippen molar-refractivity contribution in [1.82, 2.24) is 14.5 Å². The van der Waals surface area contributed by atoms with Crippen LogP contribution in [0.4, 0.5) is 5.13 Å². The molecule has 2 aromatic heterocycles. The molecular weight excluding hydrogens is 312 g/mol. The van der Waals surface area contributed by atoms with Crippen LogP contribution >= 0.6 is 11.3 Å². The van der Waals surface area contributed by atoms with Gasteiger partial charge in [-0.15, -0.1) is 0 Å². The Morgan fingerprint density at radius 1 is 1.22 bits per heavy atom. The first kappa shape index (κ1) is 15.1. The van der Waals surface area contributed by atoms with Crippen molar-refractivity contribution in [2.75, 3.05) is 5.32 Å². The number of carbonyl (C=O) groups excluding carboxylic acids is 2. The lowest BCUT2D eigenvalue weighted by Gasteiger charge is -2.07. The lowest BCUT2D eigenvalue weighted by Crippen LogP contribution is -2.15. The second-order valence-corrected chi connectivity index (χ2v) is 5.93. The third-order valence-corrected chi connectivity index (χ3v) is 4.42. The molecule has 3 aromatic rings. The molecule has 1 amide bonds. The van der Waals surface area contributed by atoms with Gasteiger partial charge in [0.25, 0.3) is 5.91 Å². The fraction of sp³-hybridized carbons (Fsp3) is 0.125. The number of anilines is 1. The molecule has 23 heavy (non-hydrogen) atoms. The number of hydrogen-bond donors (Lipinski definition) is 1. The molecule has 0 saturated carbocycles. The zero-order valence-corrected chi connectivity index (χ0v) is 13.4. The Morgan fingerprint density at radius 3 is 2.61 bits per heavy atom. The minimum absolute atomic E-state index is 0.0603. The maximum Gasteiger partial charge on any atom is 0.276 e. The fourth-order valence-electron chi connectivity index (χ4n) is 2.20. The monoisotopic (exact) mass is 326 g/mol. The van der Waals surface area contributed by atoms with Crippen molar-refractivity contribution in [2.45, 2.75) is 13.8 Å². The van der Waals surface area contributed by atoms with Gasteiger partial charge in [-0.1, -0.05) is 29.5 Å². The Hall–Kier alpha value is -2.80. The van der Waals surface area contributed by atoms with Crippen LogP contribution in [0.5, 0.6) is 0 Å². The van der Waals surface area contributed by atoms with Crippen LogP contribution in [0.15, 0.2) is 42.9 Å². The highest BCUT2D eigenvalue weighted by molar-refractivity contribution is 7.17. The summed E-state index contributed by atoms with van der Waals surface area (Å²) in [6.45, 7) is 3.23. The number of Topliss-reactive ketones (excluding diaryl/α,β-unsaturated/α-hetero) is 1. The first-order chi connectivity index (χ1) is 11.1. The van der Waals surface area contributed by atoms with Crippen LogP contribution in [0.1, 0.15) is 32.8 Å². The average molecular weight is 326 g/mol. The second-order valence-electron chi connectivity index (χ2n) is 4.93. The molecular formula is C16H14N4O2S. The number of rotatable bonds is 4. The smallest absolute Gasteiger partial charge is 0.276 e. The Labute approximate surface area is 136 Å². The van der Waals surface area contributed by atoms with Gasteiger partial charge in [-0.3, -0.25) is 19.5 Å². The van der Waals surface area contributed by atoms with Crippen LogP contribution in [0, 0.1) is 6.92 Å². The molecule has 0 atom stereocenters. The van der Waals surface area contributed by atoms with Crippen LogP contribution in [0.2, 0.25) is 0 Å². The van der Waals surface area contributed by atoms with Crippen LogP contribution in [0.25, 0.3) is 5.69 Å². The average Bonchev–Trinajstić information content (AvgIpc) is 3.15. The number of carbonyl (C=O) groups is 2. The number of benzene rings is 1. The van der Waals surface area contributed by atoms with Crippen LogP contribution < -0.4 is 5.32 Å². The highest BCUT2D eigenvalue weighted by Gasteiger charge is 2.17. The Bertz CT molecular complexity index is 867. The number of aryl methyl sites for hydroxylation is 1. The SMILES string of the molecule is CC(=O)c1sc(NC(=O)c2cncn2-c2ccccc2)nc1C. The van der Waals surface area contributed by atoms with Crippen molar-refractivity contribution in [2.24, 2.45) is 0 Å². The lowest BCUT2D eigenvalue weighted by molar-refractivity contribution is 0.101. The van der Waals surface area contributed by atoms with E-state index in [1.54, 1.807) is 17.8 Å². The van der Waals surface area contributed by atoms with Gasteiger partial charge in [0.15, 0.2) is 10.9 Å². The largest absolute Gasteiger partial charge is 0.296 e. The topological polar surface area (TPSA) is 76.9 Å². The summed E-state index contributed by atoms with van der Waals surface area (Å²) in [5.74, 6) is -0.384. The van der Waals surface area contributed by atoms with Gasteiger partial charge >= 0.3 is 0 Å². The molecule has 0 fully saturated rings.